The number of carbonyl (C=O) groups is 2. The Kier molecular flexibility index (Phi) is 7.38. The van der Waals surface area contributed by atoms with E-state index in [4.69, 9.17) is 0 Å². The Bertz CT molecular complexity index is 551. The SMILES string of the molecule is CCNC(=O)C(CCSC)NC(=O)c1cccc([N+](=O)[O-])c1. The summed E-state index contributed by atoms with van der Waals surface area (Å²) < 4.78 is 0. The van der Waals surface area contributed by atoms with Crippen LogP contribution in [0.15, 0.2) is 24.3 Å². The van der Waals surface area contributed by atoms with Crippen LogP contribution in [0.25, 0.3) is 0 Å². The highest BCUT2D eigenvalue weighted by Crippen LogP contribution is 2.13. The van der Waals surface area contributed by atoms with Crippen LogP contribution >= 0.6 is 11.8 Å². The normalized spacial score (nSPS) is 11.5. The summed E-state index contributed by atoms with van der Waals surface area (Å²) in [6, 6.07) is 4.77. The van der Waals surface area contributed by atoms with E-state index in [1.54, 1.807) is 18.7 Å². The number of nitrogens with zero attached hydrogens (tertiary/aromatic N) is 1. The number of benzene rings is 1. The van der Waals surface area contributed by atoms with Gasteiger partial charge in [0.2, 0.25) is 5.91 Å². The number of carbonyl (C=O) groups excluding carboxylic acids is 2. The Morgan fingerprint density at radius 1 is 1.41 bits per heavy atom. The van der Waals surface area contributed by atoms with Crippen LogP contribution in [-0.2, 0) is 4.79 Å². The molecule has 0 saturated carbocycles. The summed E-state index contributed by atoms with van der Waals surface area (Å²) in [4.78, 5) is 34.3. The second-order valence-electron chi connectivity index (χ2n) is 4.51. The molecule has 1 atom stereocenters. The zero-order chi connectivity index (χ0) is 16.5. The largest absolute Gasteiger partial charge is 0.355 e. The van der Waals surface area contributed by atoms with E-state index in [1.807, 2.05) is 6.26 Å². The minimum absolute atomic E-state index is 0.160. The Labute approximate surface area is 133 Å². The first-order valence-electron chi connectivity index (χ1n) is 6.81. The molecule has 0 aliphatic carbocycles. The van der Waals surface area contributed by atoms with Gasteiger partial charge in [-0.1, -0.05) is 6.07 Å². The Morgan fingerprint density at radius 2 is 2.14 bits per heavy atom. The van der Waals surface area contributed by atoms with E-state index in [-0.39, 0.29) is 17.2 Å². The zero-order valence-corrected chi connectivity index (χ0v) is 13.3. The van der Waals surface area contributed by atoms with Gasteiger partial charge in [-0.25, -0.2) is 0 Å². The van der Waals surface area contributed by atoms with Crippen LogP contribution in [0.5, 0.6) is 0 Å². The molecule has 8 heteroatoms. The molecule has 1 aromatic rings. The predicted molar refractivity (Wildman–Crippen MR) is 86.0 cm³/mol. The van der Waals surface area contributed by atoms with Crippen LogP contribution < -0.4 is 10.6 Å². The molecule has 2 amide bonds. The summed E-state index contributed by atoms with van der Waals surface area (Å²) >= 11 is 1.57. The quantitative estimate of drug-likeness (QED) is 0.558. The van der Waals surface area contributed by atoms with Crippen LogP contribution in [0.2, 0.25) is 0 Å². The second-order valence-corrected chi connectivity index (χ2v) is 5.50. The lowest BCUT2D eigenvalue weighted by Crippen LogP contribution is -2.47. The number of nitro benzene ring substituents is 1. The zero-order valence-electron chi connectivity index (χ0n) is 12.5. The van der Waals surface area contributed by atoms with Crippen molar-refractivity contribution in [3.8, 4) is 0 Å². The fourth-order valence-corrected chi connectivity index (χ4v) is 2.28. The van der Waals surface area contributed by atoms with Gasteiger partial charge >= 0.3 is 0 Å². The van der Waals surface area contributed by atoms with E-state index in [1.165, 1.54) is 24.3 Å². The van der Waals surface area contributed by atoms with E-state index in [9.17, 15) is 19.7 Å². The van der Waals surface area contributed by atoms with E-state index >= 15 is 0 Å². The molecule has 2 N–H and O–H groups in total. The molecule has 0 aliphatic rings. The van der Waals surface area contributed by atoms with Crippen LogP contribution in [0.1, 0.15) is 23.7 Å². The second kappa shape index (κ2) is 9.04. The van der Waals surface area contributed by atoms with Crippen molar-refractivity contribution in [1.82, 2.24) is 10.6 Å². The highest BCUT2D eigenvalue weighted by Gasteiger charge is 2.21. The summed E-state index contributed by atoms with van der Waals surface area (Å²) in [5.41, 5.74) is -0.000950. The van der Waals surface area contributed by atoms with Gasteiger partial charge in [0, 0.05) is 24.2 Å². The molecule has 120 valence electrons. The average molecular weight is 325 g/mol. The van der Waals surface area contributed by atoms with E-state index in [0.717, 1.165) is 5.75 Å². The number of thioether (sulfide) groups is 1. The molecular formula is C14H19N3O4S. The number of likely N-dealkylation sites (N-methyl/N-ethyl adjacent to an activating group) is 1. The molecular weight excluding hydrogens is 306 g/mol. The molecule has 0 heterocycles. The van der Waals surface area contributed by atoms with Crippen molar-refractivity contribution in [2.24, 2.45) is 0 Å². The molecule has 0 aromatic heterocycles. The number of rotatable bonds is 8. The van der Waals surface area contributed by atoms with E-state index < -0.39 is 16.9 Å². The Morgan fingerprint density at radius 3 is 2.73 bits per heavy atom. The van der Waals surface area contributed by atoms with Gasteiger partial charge in [0.25, 0.3) is 11.6 Å². The molecule has 1 rings (SSSR count). The first-order valence-corrected chi connectivity index (χ1v) is 8.21. The standard InChI is InChI=1S/C14H19N3O4S/c1-3-15-14(19)12(7-8-22-2)16-13(18)10-5-4-6-11(9-10)17(20)21/h4-6,9,12H,3,7-8H2,1-2H3,(H,15,19)(H,16,18). The highest BCUT2D eigenvalue weighted by atomic mass is 32.2. The number of hydrogen-bond donors (Lipinski definition) is 2. The van der Waals surface area contributed by atoms with E-state index in [0.29, 0.717) is 13.0 Å². The summed E-state index contributed by atoms with van der Waals surface area (Å²) in [6.07, 6.45) is 2.41. The molecule has 0 fully saturated rings. The summed E-state index contributed by atoms with van der Waals surface area (Å²) in [7, 11) is 0. The minimum Gasteiger partial charge on any atom is -0.355 e. The first-order chi connectivity index (χ1) is 10.5. The molecule has 22 heavy (non-hydrogen) atoms. The van der Waals surface area contributed by atoms with E-state index in [2.05, 4.69) is 10.6 Å². The Balaban J connectivity index is 2.83. The molecule has 0 radical (unpaired) electrons. The van der Waals surface area contributed by atoms with Crippen molar-refractivity contribution in [3.63, 3.8) is 0 Å². The highest BCUT2D eigenvalue weighted by molar-refractivity contribution is 7.98. The van der Waals surface area contributed by atoms with Crippen molar-refractivity contribution in [2.75, 3.05) is 18.6 Å². The smallest absolute Gasteiger partial charge is 0.270 e. The van der Waals surface area contributed by atoms with Gasteiger partial charge in [0.15, 0.2) is 0 Å². The summed E-state index contributed by atoms with van der Waals surface area (Å²) in [6.45, 7) is 2.27. The van der Waals surface area contributed by atoms with Crippen LogP contribution in [0.3, 0.4) is 0 Å². The Hall–Kier alpha value is -2.09. The molecule has 0 bridgehead atoms. The van der Waals surface area contributed by atoms with Gasteiger partial charge in [0.05, 0.1) is 4.92 Å². The number of nitro groups is 1. The fourth-order valence-electron chi connectivity index (χ4n) is 1.80. The van der Waals surface area contributed by atoms with Crippen molar-refractivity contribution in [3.05, 3.63) is 39.9 Å². The molecule has 7 nitrogen and oxygen atoms in total. The fraction of sp³-hybridized carbons (Fsp3) is 0.429. The summed E-state index contributed by atoms with van der Waals surface area (Å²) in [5, 5.41) is 16.0. The maximum Gasteiger partial charge on any atom is 0.270 e. The van der Waals surface area contributed by atoms with Crippen LogP contribution in [-0.4, -0.2) is 41.3 Å². The van der Waals surface area contributed by atoms with Gasteiger partial charge in [-0.2, -0.15) is 11.8 Å². The van der Waals surface area contributed by atoms with Crippen molar-refractivity contribution in [1.29, 1.82) is 0 Å². The van der Waals surface area contributed by atoms with Crippen molar-refractivity contribution in [2.45, 2.75) is 19.4 Å². The maximum atomic E-state index is 12.2. The number of amides is 2. The molecule has 0 saturated heterocycles. The maximum absolute atomic E-state index is 12.2. The van der Waals surface area contributed by atoms with Crippen LogP contribution in [0.4, 0.5) is 5.69 Å². The van der Waals surface area contributed by atoms with Crippen molar-refractivity contribution < 1.29 is 14.5 Å². The molecule has 1 aromatic carbocycles. The number of nitrogens with one attached hydrogen (secondary N) is 2. The average Bonchev–Trinajstić information content (AvgIpc) is 2.51. The predicted octanol–water partition coefficient (Wildman–Crippen LogP) is 1.58. The topological polar surface area (TPSA) is 101 Å². The lowest BCUT2D eigenvalue weighted by molar-refractivity contribution is -0.384. The van der Waals surface area contributed by atoms with Crippen molar-refractivity contribution >= 4 is 29.3 Å². The van der Waals surface area contributed by atoms with Gasteiger partial charge in [-0.15, -0.1) is 0 Å². The third kappa shape index (κ3) is 5.36. The summed E-state index contributed by atoms with van der Waals surface area (Å²) in [5.74, 6) is -0.0341. The molecule has 1 unspecified atom stereocenters. The van der Waals surface area contributed by atoms with Gasteiger partial charge in [-0.05, 0) is 31.4 Å². The van der Waals surface area contributed by atoms with Crippen LogP contribution in [0, 0.1) is 10.1 Å². The minimum atomic E-state index is -0.654. The number of hydrogen-bond acceptors (Lipinski definition) is 5. The first kappa shape index (κ1) is 18.0. The third-order valence-corrected chi connectivity index (χ3v) is 3.55. The monoisotopic (exact) mass is 325 g/mol. The third-order valence-electron chi connectivity index (χ3n) is 2.90. The molecule has 0 spiro atoms. The van der Waals surface area contributed by atoms with Gasteiger partial charge in [0.1, 0.15) is 6.04 Å². The number of non-ortho nitro benzene ring substituents is 1. The van der Waals surface area contributed by atoms with Gasteiger partial charge < -0.3 is 10.6 Å². The molecule has 0 aliphatic heterocycles. The van der Waals surface area contributed by atoms with Gasteiger partial charge in [-0.3, -0.25) is 19.7 Å². The lowest BCUT2D eigenvalue weighted by Gasteiger charge is -2.17. The lowest BCUT2D eigenvalue weighted by atomic mass is 10.1.